The van der Waals surface area contributed by atoms with Crippen LogP contribution in [0.2, 0.25) is 0 Å². The topological polar surface area (TPSA) is 121 Å². The summed E-state index contributed by atoms with van der Waals surface area (Å²) in [6.45, 7) is 2.50. The van der Waals surface area contributed by atoms with E-state index in [4.69, 9.17) is 5.73 Å². The number of nitriles is 1. The van der Waals surface area contributed by atoms with Crippen molar-refractivity contribution >= 4 is 11.6 Å². The lowest BCUT2D eigenvalue weighted by Crippen LogP contribution is -2.03. The molecule has 0 aromatic carbocycles. The van der Waals surface area contributed by atoms with Gasteiger partial charge < -0.3 is 11.1 Å². The van der Waals surface area contributed by atoms with E-state index in [1.54, 1.807) is 24.5 Å². The Hall–Kier alpha value is -2.92. The van der Waals surface area contributed by atoms with Crippen LogP contribution in [0.3, 0.4) is 0 Å². The average molecular weight is 296 g/mol. The number of nitrogens with zero attached hydrogens (tertiary/aromatic N) is 5. The fraction of sp³-hybridized carbons (Fsp3) is 0.286. The normalized spacial score (nSPS) is 13.6. The number of nitrogens with two attached hydrogens (primary N) is 1. The van der Waals surface area contributed by atoms with Crippen LogP contribution in [0, 0.1) is 11.3 Å². The molecule has 0 bridgehead atoms. The molecule has 0 unspecified atom stereocenters. The van der Waals surface area contributed by atoms with Gasteiger partial charge in [0.25, 0.3) is 0 Å². The Kier molecular flexibility index (Phi) is 3.98. The second-order valence-electron chi connectivity index (χ2n) is 4.89. The van der Waals surface area contributed by atoms with Gasteiger partial charge in [-0.25, -0.2) is 4.52 Å². The van der Waals surface area contributed by atoms with Crippen LogP contribution >= 0.6 is 0 Å². The number of nitrogen functional groups attached to an aromatic ring is 1. The Morgan fingerprint density at radius 3 is 2.68 bits per heavy atom. The number of aromatic nitrogens is 5. The zero-order chi connectivity index (χ0) is 15.4. The van der Waals surface area contributed by atoms with Gasteiger partial charge in [0.2, 0.25) is 5.95 Å². The lowest BCUT2D eigenvalue weighted by Gasteiger charge is -2.01. The lowest BCUT2D eigenvalue weighted by molar-refractivity contribution is 0.857. The number of nitrogens with one attached hydrogen (secondary N) is 2. The summed E-state index contributed by atoms with van der Waals surface area (Å²) in [4.78, 5) is 4.00. The first kappa shape index (κ1) is 14.0. The van der Waals surface area contributed by atoms with E-state index in [1.165, 1.54) is 30.4 Å². The lowest BCUT2D eigenvalue weighted by atomic mass is 10.1. The Balaban J connectivity index is 0.000000246. The molecular formula is C14H16N8. The molecule has 8 heteroatoms. The van der Waals surface area contributed by atoms with Crippen LogP contribution in [0.5, 0.6) is 0 Å². The monoisotopic (exact) mass is 296 g/mol. The van der Waals surface area contributed by atoms with Gasteiger partial charge in [0.1, 0.15) is 6.07 Å². The number of hydrogen-bond donors (Lipinski definition) is 3. The van der Waals surface area contributed by atoms with E-state index in [9.17, 15) is 5.26 Å². The van der Waals surface area contributed by atoms with Gasteiger partial charge in [0.05, 0.1) is 6.20 Å². The zero-order valence-corrected chi connectivity index (χ0v) is 12.0. The van der Waals surface area contributed by atoms with Gasteiger partial charge in [-0.15, -0.1) is 5.10 Å². The third kappa shape index (κ3) is 2.75. The fourth-order valence-electron chi connectivity index (χ4n) is 2.33. The van der Waals surface area contributed by atoms with Crippen LogP contribution < -0.4 is 11.1 Å². The smallest absolute Gasteiger partial charge is 0.240 e. The molecule has 0 radical (unpaired) electrons. The van der Waals surface area contributed by atoms with Crippen LogP contribution in [0.4, 0.5) is 5.95 Å². The van der Waals surface area contributed by atoms with Gasteiger partial charge in [-0.2, -0.15) is 15.3 Å². The van der Waals surface area contributed by atoms with Crippen molar-refractivity contribution in [3.63, 3.8) is 0 Å². The van der Waals surface area contributed by atoms with Crippen LogP contribution in [-0.2, 0) is 0 Å². The molecule has 8 nitrogen and oxygen atoms in total. The van der Waals surface area contributed by atoms with E-state index >= 15 is 0 Å². The number of pyridine rings is 1. The Morgan fingerprint density at radius 2 is 2.09 bits per heavy atom. The minimum Gasteiger partial charge on any atom is -0.366 e. The minimum atomic E-state index is 0.144. The second kappa shape index (κ2) is 6.24. The highest BCUT2D eigenvalue weighted by molar-refractivity contribution is 5.70. The van der Waals surface area contributed by atoms with Crippen molar-refractivity contribution in [1.29, 1.82) is 5.26 Å². The second-order valence-corrected chi connectivity index (χ2v) is 4.89. The summed E-state index contributed by atoms with van der Waals surface area (Å²) in [6.07, 6.45) is 6.13. The molecule has 4 heterocycles. The molecule has 1 saturated heterocycles. The summed E-state index contributed by atoms with van der Waals surface area (Å²) >= 11 is 0. The van der Waals surface area contributed by atoms with Crippen LogP contribution in [0.15, 0.2) is 24.5 Å². The summed E-state index contributed by atoms with van der Waals surface area (Å²) < 4.78 is 1.43. The number of H-pyrrole nitrogens is 1. The van der Waals surface area contributed by atoms with Crippen LogP contribution in [-0.4, -0.2) is 37.9 Å². The Labute approximate surface area is 127 Å². The largest absolute Gasteiger partial charge is 0.366 e. The van der Waals surface area contributed by atoms with E-state index in [0.29, 0.717) is 11.3 Å². The number of anilines is 1. The molecule has 1 aliphatic heterocycles. The number of hydrogen-bond acceptors (Lipinski definition) is 6. The maximum Gasteiger partial charge on any atom is 0.240 e. The standard InChI is InChI=1S/C10H7N7.C4H9N/c11-3-8-7(6-4-13-14-5-6)1-2-9-15-10(12)16-17(8)9;1-2-4-5-3-1/h1-2,4-5H,(H2,12,16)(H,13,14);5H,1-4H2. The molecule has 0 amide bonds. The highest BCUT2D eigenvalue weighted by Gasteiger charge is 2.12. The number of rotatable bonds is 1. The van der Waals surface area contributed by atoms with Crippen molar-refractivity contribution in [3.05, 3.63) is 30.2 Å². The van der Waals surface area contributed by atoms with Crippen molar-refractivity contribution in [3.8, 4) is 17.2 Å². The Bertz CT molecular complexity index is 785. The van der Waals surface area contributed by atoms with E-state index in [2.05, 4.69) is 31.7 Å². The van der Waals surface area contributed by atoms with Crippen LogP contribution in [0.25, 0.3) is 16.8 Å². The summed E-state index contributed by atoms with van der Waals surface area (Å²) in [5, 5.41) is 23.0. The SMILES string of the molecule is C1CCNC1.N#Cc1c(-c2cn[nH]c2)ccc2nc(N)nn12. The van der Waals surface area contributed by atoms with Crippen molar-refractivity contribution in [2.45, 2.75) is 12.8 Å². The van der Waals surface area contributed by atoms with E-state index in [-0.39, 0.29) is 5.95 Å². The van der Waals surface area contributed by atoms with E-state index in [1.807, 2.05) is 0 Å². The summed E-state index contributed by atoms with van der Waals surface area (Å²) in [6, 6.07) is 5.66. The summed E-state index contributed by atoms with van der Waals surface area (Å²) in [7, 11) is 0. The Morgan fingerprint density at radius 1 is 1.27 bits per heavy atom. The molecule has 4 N–H and O–H groups in total. The molecule has 1 aliphatic rings. The molecule has 0 atom stereocenters. The minimum absolute atomic E-state index is 0.144. The molecule has 3 aromatic heterocycles. The number of aromatic amines is 1. The predicted octanol–water partition coefficient (Wildman–Crippen LogP) is 0.943. The van der Waals surface area contributed by atoms with Gasteiger partial charge >= 0.3 is 0 Å². The average Bonchev–Trinajstić information content (AvgIpc) is 3.27. The quantitative estimate of drug-likeness (QED) is 0.614. The fourth-order valence-corrected chi connectivity index (χ4v) is 2.33. The highest BCUT2D eigenvalue weighted by Crippen LogP contribution is 2.23. The van der Waals surface area contributed by atoms with E-state index < -0.39 is 0 Å². The van der Waals surface area contributed by atoms with Gasteiger partial charge in [-0.3, -0.25) is 5.10 Å². The molecule has 0 aliphatic carbocycles. The molecule has 0 spiro atoms. The zero-order valence-electron chi connectivity index (χ0n) is 12.0. The molecule has 0 saturated carbocycles. The number of fused-ring (bicyclic) bond motifs is 1. The first-order valence-corrected chi connectivity index (χ1v) is 7.05. The molecule has 4 rings (SSSR count). The van der Waals surface area contributed by atoms with Crippen LogP contribution in [0.1, 0.15) is 18.5 Å². The predicted molar refractivity (Wildman–Crippen MR) is 81.8 cm³/mol. The molecule has 22 heavy (non-hydrogen) atoms. The molecule has 3 aromatic rings. The third-order valence-corrected chi connectivity index (χ3v) is 3.39. The van der Waals surface area contributed by atoms with Crippen molar-refractivity contribution in [2.75, 3.05) is 18.8 Å². The first-order chi connectivity index (χ1) is 10.8. The third-order valence-electron chi connectivity index (χ3n) is 3.39. The molecule has 112 valence electrons. The van der Waals surface area contributed by atoms with Gasteiger partial charge in [0.15, 0.2) is 11.3 Å². The van der Waals surface area contributed by atoms with Gasteiger partial charge in [0, 0.05) is 17.3 Å². The molecule has 1 fully saturated rings. The molecular weight excluding hydrogens is 280 g/mol. The van der Waals surface area contributed by atoms with Gasteiger partial charge in [-0.1, -0.05) is 0 Å². The highest BCUT2D eigenvalue weighted by atomic mass is 15.3. The van der Waals surface area contributed by atoms with Gasteiger partial charge in [-0.05, 0) is 38.1 Å². The first-order valence-electron chi connectivity index (χ1n) is 7.05. The van der Waals surface area contributed by atoms with Crippen molar-refractivity contribution in [1.82, 2.24) is 30.1 Å². The van der Waals surface area contributed by atoms with Crippen molar-refractivity contribution in [2.24, 2.45) is 0 Å². The van der Waals surface area contributed by atoms with E-state index in [0.717, 1.165) is 11.1 Å². The summed E-state index contributed by atoms with van der Waals surface area (Å²) in [5.74, 6) is 0.144. The summed E-state index contributed by atoms with van der Waals surface area (Å²) in [5.41, 5.74) is 7.99. The maximum atomic E-state index is 9.21. The maximum absolute atomic E-state index is 9.21. The van der Waals surface area contributed by atoms with Crippen molar-refractivity contribution < 1.29 is 0 Å².